The van der Waals surface area contributed by atoms with Gasteiger partial charge in [-0.3, -0.25) is 9.47 Å². The molecule has 1 heterocycles. The summed E-state index contributed by atoms with van der Waals surface area (Å²) in [7, 11) is 7.51. The third-order valence-electron chi connectivity index (χ3n) is 4.80. The molecule has 0 spiro atoms. The average molecular weight is 413 g/mol. The van der Waals surface area contributed by atoms with E-state index in [2.05, 4.69) is 52.8 Å². The van der Waals surface area contributed by atoms with Crippen LogP contribution in [-0.2, 0) is 5.75 Å². The van der Waals surface area contributed by atoms with Crippen molar-refractivity contribution in [3.63, 3.8) is 0 Å². The van der Waals surface area contributed by atoms with E-state index in [0.717, 1.165) is 40.3 Å². The van der Waals surface area contributed by atoms with Crippen LogP contribution in [0.2, 0.25) is 0 Å². The Morgan fingerprint density at radius 3 is 2.34 bits per heavy atom. The van der Waals surface area contributed by atoms with Crippen LogP contribution in [0, 0.1) is 0 Å². The van der Waals surface area contributed by atoms with Gasteiger partial charge in [-0.25, -0.2) is 0 Å². The summed E-state index contributed by atoms with van der Waals surface area (Å²) < 4.78 is 12.8. The quantitative estimate of drug-likeness (QED) is 0.479. The molecule has 0 saturated heterocycles. The molecular formula is C22H28N4O2S. The Kier molecular flexibility index (Phi) is 7.17. The van der Waals surface area contributed by atoms with Gasteiger partial charge in [-0.2, -0.15) is 0 Å². The van der Waals surface area contributed by atoms with Gasteiger partial charge >= 0.3 is 0 Å². The van der Waals surface area contributed by atoms with Gasteiger partial charge < -0.3 is 9.47 Å². The first kappa shape index (κ1) is 21.2. The second-order valence-electron chi connectivity index (χ2n) is 6.90. The number of nitrogens with zero attached hydrogens (tertiary/aromatic N) is 4. The van der Waals surface area contributed by atoms with E-state index in [1.165, 1.54) is 5.56 Å². The fraction of sp³-hybridized carbons (Fsp3) is 0.364. The monoisotopic (exact) mass is 412 g/mol. The lowest BCUT2D eigenvalue weighted by atomic mass is 10.2. The molecule has 1 atom stereocenters. The molecule has 0 radical (unpaired) electrons. The highest BCUT2D eigenvalue weighted by atomic mass is 32.2. The summed E-state index contributed by atoms with van der Waals surface area (Å²) in [6.07, 6.45) is 0.946. The maximum atomic E-state index is 5.34. The summed E-state index contributed by atoms with van der Waals surface area (Å²) in [6.45, 7) is 2.17. The fourth-order valence-electron chi connectivity index (χ4n) is 3.25. The summed E-state index contributed by atoms with van der Waals surface area (Å²) in [5.74, 6) is 3.41. The highest BCUT2D eigenvalue weighted by molar-refractivity contribution is 7.98. The fourth-order valence-corrected chi connectivity index (χ4v) is 4.16. The number of rotatable bonds is 9. The zero-order valence-electron chi connectivity index (χ0n) is 17.6. The molecule has 0 bridgehead atoms. The molecule has 0 N–H and O–H groups in total. The van der Waals surface area contributed by atoms with Crippen LogP contribution < -0.4 is 9.47 Å². The van der Waals surface area contributed by atoms with Gasteiger partial charge in [0.2, 0.25) is 0 Å². The van der Waals surface area contributed by atoms with Crippen LogP contribution in [0.15, 0.2) is 53.7 Å². The molecule has 0 aliphatic heterocycles. The smallest absolute Gasteiger partial charge is 0.196 e. The Bertz CT molecular complexity index is 925. The van der Waals surface area contributed by atoms with E-state index in [4.69, 9.17) is 9.47 Å². The maximum Gasteiger partial charge on any atom is 0.196 e. The van der Waals surface area contributed by atoms with Gasteiger partial charge in [-0.15, -0.1) is 10.2 Å². The largest absolute Gasteiger partial charge is 0.497 e. The predicted octanol–water partition coefficient (Wildman–Crippen LogP) is 4.59. The minimum atomic E-state index is 0.177. The molecule has 6 nitrogen and oxygen atoms in total. The first-order valence-corrected chi connectivity index (χ1v) is 10.6. The normalized spacial score (nSPS) is 12.2. The van der Waals surface area contributed by atoms with E-state index in [-0.39, 0.29) is 6.04 Å². The van der Waals surface area contributed by atoms with Gasteiger partial charge in [0.25, 0.3) is 0 Å². The van der Waals surface area contributed by atoms with Crippen molar-refractivity contribution in [2.24, 2.45) is 0 Å². The molecule has 154 valence electrons. The molecule has 3 rings (SSSR count). The summed E-state index contributed by atoms with van der Waals surface area (Å²) in [4.78, 5) is 2.18. The number of ether oxygens (including phenoxy) is 2. The Labute approximate surface area is 176 Å². The van der Waals surface area contributed by atoms with Crippen LogP contribution in [-0.4, -0.2) is 48.0 Å². The lowest BCUT2D eigenvalue weighted by Crippen LogP contribution is -2.22. The molecule has 0 saturated carbocycles. The summed E-state index contributed by atoms with van der Waals surface area (Å²) in [6, 6.07) is 16.3. The van der Waals surface area contributed by atoms with Crippen LogP contribution in [0.4, 0.5) is 0 Å². The van der Waals surface area contributed by atoms with Crippen molar-refractivity contribution in [1.82, 2.24) is 19.7 Å². The van der Waals surface area contributed by atoms with E-state index in [1.807, 2.05) is 36.4 Å². The molecule has 1 unspecified atom stereocenters. The second-order valence-corrected chi connectivity index (χ2v) is 7.84. The molecule has 29 heavy (non-hydrogen) atoms. The van der Waals surface area contributed by atoms with Crippen LogP contribution >= 0.6 is 11.8 Å². The standard InChI is InChI=1S/C22H28N4O2S/c1-6-20(25(2)3)21-23-24-22(26(21)17-10-12-18(27-4)13-11-17)29-15-16-8-7-9-19(14-16)28-5/h7-14,20H,6,15H2,1-5H3. The SMILES string of the molecule is CCC(c1nnc(SCc2cccc(OC)c2)n1-c1ccc(OC)cc1)N(C)C. The van der Waals surface area contributed by atoms with Crippen LogP contribution in [0.1, 0.15) is 30.8 Å². The lowest BCUT2D eigenvalue weighted by molar-refractivity contribution is 0.276. The molecule has 7 heteroatoms. The van der Waals surface area contributed by atoms with Crippen LogP contribution in [0.5, 0.6) is 11.5 Å². The summed E-state index contributed by atoms with van der Waals surface area (Å²) >= 11 is 1.67. The maximum absolute atomic E-state index is 5.34. The number of aromatic nitrogens is 3. The lowest BCUT2D eigenvalue weighted by Gasteiger charge is -2.23. The molecule has 1 aromatic heterocycles. The van der Waals surface area contributed by atoms with E-state index in [0.29, 0.717) is 0 Å². The number of benzene rings is 2. The topological polar surface area (TPSA) is 52.4 Å². The van der Waals surface area contributed by atoms with E-state index in [9.17, 15) is 0 Å². The third-order valence-corrected chi connectivity index (χ3v) is 5.80. The molecule has 0 aliphatic rings. The van der Waals surface area contributed by atoms with Crippen molar-refractivity contribution in [3.05, 3.63) is 59.9 Å². The van der Waals surface area contributed by atoms with Crippen molar-refractivity contribution >= 4 is 11.8 Å². The Balaban J connectivity index is 1.96. The highest BCUT2D eigenvalue weighted by Gasteiger charge is 2.23. The number of hydrogen-bond acceptors (Lipinski definition) is 6. The predicted molar refractivity (Wildman–Crippen MR) is 117 cm³/mol. The van der Waals surface area contributed by atoms with Crippen molar-refractivity contribution in [2.45, 2.75) is 30.3 Å². The minimum Gasteiger partial charge on any atom is -0.497 e. The van der Waals surface area contributed by atoms with Crippen molar-refractivity contribution in [3.8, 4) is 17.2 Å². The molecule has 2 aromatic carbocycles. The Hall–Kier alpha value is -2.51. The van der Waals surface area contributed by atoms with Gasteiger partial charge in [0.05, 0.1) is 20.3 Å². The average Bonchev–Trinajstić information content (AvgIpc) is 3.16. The zero-order chi connectivity index (χ0) is 20.8. The highest BCUT2D eigenvalue weighted by Crippen LogP contribution is 2.31. The van der Waals surface area contributed by atoms with E-state index < -0.39 is 0 Å². The Morgan fingerprint density at radius 1 is 1.00 bits per heavy atom. The third kappa shape index (κ3) is 4.92. The first-order chi connectivity index (χ1) is 14.1. The van der Waals surface area contributed by atoms with Gasteiger partial charge in [0.1, 0.15) is 11.5 Å². The van der Waals surface area contributed by atoms with E-state index in [1.54, 1.807) is 26.0 Å². The minimum absolute atomic E-state index is 0.177. The number of thioether (sulfide) groups is 1. The van der Waals surface area contributed by atoms with Gasteiger partial charge in [0, 0.05) is 11.4 Å². The van der Waals surface area contributed by atoms with Crippen LogP contribution in [0.3, 0.4) is 0 Å². The number of hydrogen-bond donors (Lipinski definition) is 0. The first-order valence-electron chi connectivity index (χ1n) is 9.59. The van der Waals surface area contributed by atoms with Crippen LogP contribution in [0.25, 0.3) is 5.69 Å². The molecule has 3 aromatic rings. The van der Waals surface area contributed by atoms with Gasteiger partial charge in [-0.05, 0) is 62.5 Å². The zero-order valence-corrected chi connectivity index (χ0v) is 18.4. The number of methoxy groups -OCH3 is 2. The Morgan fingerprint density at radius 2 is 1.72 bits per heavy atom. The van der Waals surface area contributed by atoms with Crippen molar-refractivity contribution in [2.75, 3.05) is 28.3 Å². The van der Waals surface area contributed by atoms with E-state index >= 15 is 0 Å². The molecule has 0 fully saturated rings. The molecular weight excluding hydrogens is 384 g/mol. The molecule has 0 amide bonds. The van der Waals surface area contributed by atoms with Gasteiger partial charge in [0.15, 0.2) is 11.0 Å². The second kappa shape index (κ2) is 9.80. The summed E-state index contributed by atoms with van der Waals surface area (Å²) in [5, 5.41) is 9.97. The van der Waals surface area contributed by atoms with Crippen molar-refractivity contribution < 1.29 is 9.47 Å². The molecule has 0 aliphatic carbocycles. The van der Waals surface area contributed by atoms with Crippen molar-refractivity contribution in [1.29, 1.82) is 0 Å². The van der Waals surface area contributed by atoms with Gasteiger partial charge in [-0.1, -0.05) is 30.8 Å². The summed E-state index contributed by atoms with van der Waals surface area (Å²) in [5.41, 5.74) is 2.21.